The van der Waals surface area contributed by atoms with Gasteiger partial charge in [-0.05, 0) is 42.5 Å². The Balaban J connectivity index is 1.70. The molecular formula is C20H13F6N3O3S. The number of carbonyl (C=O) groups is 1. The molecule has 0 aliphatic carbocycles. The third-order valence-corrected chi connectivity index (χ3v) is 6.07. The number of hydrogen-bond acceptors (Lipinski definition) is 5. The van der Waals surface area contributed by atoms with Crippen LogP contribution in [0.2, 0.25) is 0 Å². The van der Waals surface area contributed by atoms with E-state index in [2.05, 4.69) is 15.3 Å². The molecule has 3 aromatic rings. The summed E-state index contributed by atoms with van der Waals surface area (Å²) in [4.78, 5) is 18.4. The van der Waals surface area contributed by atoms with Gasteiger partial charge in [-0.15, -0.1) is 0 Å². The first-order valence-corrected chi connectivity index (χ1v) is 10.5. The van der Waals surface area contributed by atoms with Crippen molar-refractivity contribution in [2.75, 3.05) is 0 Å². The number of nitrogens with one attached hydrogen (secondary N) is 1. The topological polar surface area (TPSA) is 89.0 Å². The fourth-order valence-electron chi connectivity index (χ4n) is 2.61. The number of carbonyl (C=O) groups excluding carboxylic acids is 1. The molecule has 0 radical (unpaired) electrons. The zero-order valence-electron chi connectivity index (χ0n) is 16.3. The van der Waals surface area contributed by atoms with Crippen LogP contribution in [0.5, 0.6) is 0 Å². The number of halogens is 6. The lowest BCUT2D eigenvalue weighted by Crippen LogP contribution is -2.24. The second-order valence-electron chi connectivity index (χ2n) is 6.63. The minimum Gasteiger partial charge on any atom is -0.345 e. The zero-order chi connectivity index (χ0) is 24.4. The molecule has 2 aromatic heterocycles. The molecule has 0 atom stereocenters. The maximum atomic E-state index is 12.9. The van der Waals surface area contributed by atoms with Gasteiger partial charge in [-0.1, -0.05) is 6.07 Å². The lowest BCUT2D eigenvalue weighted by molar-refractivity contribution is -0.138. The first-order valence-electron chi connectivity index (χ1n) is 8.97. The molecule has 0 unspecified atom stereocenters. The van der Waals surface area contributed by atoms with E-state index in [-0.39, 0.29) is 22.8 Å². The minimum atomic E-state index is -4.71. The summed E-state index contributed by atoms with van der Waals surface area (Å²) in [5, 5.41) is 2.37. The van der Waals surface area contributed by atoms with Crippen LogP contribution >= 0.6 is 0 Å². The predicted molar refractivity (Wildman–Crippen MR) is 102 cm³/mol. The van der Waals surface area contributed by atoms with Gasteiger partial charge in [-0.3, -0.25) is 14.8 Å². The molecule has 2 heterocycles. The first-order chi connectivity index (χ1) is 15.3. The summed E-state index contributed by atoms with van der Waals surface area (Å²) in [5.74, 6) is -0.786. The summed E-state index contributed by atoms with van der Waals surface area (Å²) in [7, 11) is -4.28. The Hall–Kier alpha value is -3.48. The molecule has 1 N–H and O–H groups in total. The van der Waals surface area contributed by atoms with E-state index in [1.807, 2.05) is 0 Å². The predicted octanol–water partition coefficient (Wildman–Crippen LogP) is 4.28. The average Bonchev–Trinajstić information content (AvgIpc) is 2.77. The normalized spacial score (nSPS) is 12.4. The van der Waals surface area contributed by atoms with E-state index in [0.717, 1.165) is 36.5 Å². The van der Waals surface area contributed by atoms with Crippen molar-refractivity contribution in [1.29, 1.82) is 0 Å². The summed E-state index contributed by atoms with van der Waals surface area (Å²) in [5.41, 5.74) is -2.21. The number of amides is 1. The molecule has 1 amide bonds. The van der Waals surface area contributed by atoms with Gasteiger partial charge in [0.05, 0.1) is 33.2 Å². The third-order valence-electron chi connectivity index (χ3n) is 4.33. The van der Waals surface area contributed by atoms with Gasteiger partial charge >= 0.3 is 12.4 Å². The number of nitrogens with zero attached hydrogens (tertiary/aromatic N) is 2. The van der Waals surface area contributed by atoms with Crippen LogP contribution in [-0.4, -0.2) is 24.3 Å². The second kappa shape index (κ2) is 8.81. The molecule has 0 spiro atoms. The largest absolute Gasteiger partial charge is 0.417 e. The molecule has 174 valence electrons. The zero-order valence-corrected chi connectivity index (χ0v) is 17.1. The highest BCUT2D eigenvalue weighted by atomic mass is 32.2. The number of aromatic nitrogens is 2. The van der Waals surface area contributed by atoms with E-state index in [4.69, 9.17) is 0 Å². The number of alkyl halides is 6. The maximum absolute atomic E-state index is 12.9. The maximum Gasteiger partial charge on any atom is 0.417 e. The van der Waals surface area contributed by atoms with Gasteiger partial charge in [-0.2, -0.15) is 26.3 Å². The van der Waals surface area contributed by atoms with E-state index >= 15 is 0 Å². The van der Waals surface area contributed by atoms with Crippen LogP contribution < -0.4 is 5.32 Å². The van der Waals surface area contributed by atoms with E-state index < -0.39 is 44.1 Å². The number of sulfone groups is 1. The average molecular weight is 489 g/mol. The van der Waals surface area contributed by atoms with Crippen LogP contribution in [0.1, 0.15) is 27.3 Å². The standard InChI is InChI=1S/C20H13F6N3O3S/c21-19(22,23)12-2-1-3-15(8-12)33(31,32)16-6-5-14(27-11-16)10-29-18(30)17-7-4-13(9-28-17)20(24,25)26/h1-9,11H,10H2,(H,29,30). The Morgan fingerprint density at radius 1 is 0.818 bits per heavy atom. The van der Waals surface area contributed by atoms with E-state index in [9.17, 15) is 39.6 Å². The summed E-state index contributed by atoms with van der Waals surface area (Å²) in [6.45, 7) is -0.203. The lowest BCUT2D eigenvalue weighted by atomic mass is 10.2. The van der Waals surface area contributed by atoms with Crippen molar-refractivity contribution in [2.24, 2.45) is 0 Å². The molecule has 6 nitrogen and oxygen atoms in total. The fourth-order valence-corrected chi connectivity index (χ4v) is 3.86. The van der Waals surface area contributed by atoms with E-state index in [1.54, 1.807) is 0 Å². The number of hydrogen-bond donors (Lipinski definition) is 1. The van der Waals surface area contributed by atoms with Gasteiger partial charge in [0.15, 0.2) is 0 Å². The number of pyridine rings is 2. The number of rotatable bonds is 5. The number of benzene rings is 1. The van der Waals surface area contributed by atoms with Crippen molar-refractivity contribution in [3.8, 4) is 0 Å². The Bertz CT molecular complexity index is 1260. The fraction of sp³-hybridized carbons (Fsp3) is 0.150. The smallest absolute Gasteiger partial charge is 0.345 e. The lowest BCUT2D eigenvalue weighted by Gasteiger charge is -2.10. The quantitative estimate of drug-likeness (QED) is 0.541. The monoisotopic (exact) mass is 489 g/mol. The molecular weight excluding hydrogens is 476 g/mol. The summed E-state index contributed by atoms with van der Waals surface area (Å²) in [6.07, 6.45) is -7.87. The van der Waals surface area contributed by atoms with Crippen LogP contribution in [0.15, 0.2) is 70.7 Å². The van der Waals surface area contributed by atoms with Gasteiger partial charge in [0.1, 0.15) is 5.69 Å². The van der Waals surface area contributed by atoms with Crippen LogP contribution in [0.25, 0.3) is 0 Å². The van der Waals surface area contributed by atoms with E-state index in [0.29, 0.717) is 18.3 Å². The van der Waals surface area contributed by atoms with Gasteiger partial charge in [-0.25, -0.2) is 8.42 Å². The van der Waals surface area contributed by atoms with Gasteiger partial charge < -0.3 is 5.32 Å². The van der Waals surface area contributed by atoms with Crippen molar-refractivity contribution in [3.05, 3.63) is 83.4 Å². The van der Waals surface area contributed by atoms with Crippen molar-refractivity contribution < 1.29 is 39.6 Å². The molecule has 0 bridgehead atoms. The molecule has 0 saturated carbocycles. The Kier molecular flexibility index (Phi) is 6.45. The van der Waals surface area contributed by atoms with Crippen molar-refractivity contribution in [2.45, 2.75) is 28.7 Å². The Morgan fingerprint density at radius 3 is 2.06 bits per heavy atom. The van der Waals surface area contributed by atoms with Gasteiger partial charge in [0.25, 0.3) is 5.91 Å². The van der Waals surface area contributed by atoms with Gasteiger partial charge in [0, 0.05) is 12.4 Å². The summed E-state index contributed by atoms with van der Waals surface area (Å²) < 4.78 is 101. The van der Waals surface area contributed by atoms with Crippen LogP contribution in [0.3, 0.4) is 0 Å². The molecule has 13 heteroatoms. The third kappa shape index (κ3) is 5.66. The highest BCUT2D eigenvalue weighted by molar-refractivity contribution is 7.91. The van der Waals surface area contributed by atoms with Gasteiger partial charge in [0.2, 0.25) is 9.84 Å². The molecule has 1 aromatic carbocycles. The van der Waals surface area contributed by atoms with Crippen LogP contribution in [-0.2, 0) is 28.7 Å². The highest BCUT2D eigenvalue weighted by Crippen LogP contribution is 2.32. The van der Waals surface area contributed by atoms with Crippen molar-refractivity contribution in [3.63, 3.8) is 0 Å². The minimum absolute atomic E-state index is 0.193. The summed E-state index contributed by atoms with van der Waals surface area (Å²) >= 11 is 0. The van der Waals surface area contributed by atoms with E-state index in [1.165, 1.54) is 6.07 Å². The Morgan fingerprint density at radius 2 is 1.52 bits per heavy atom. The van der Waals surface area contributed by atoms with Crippen molar-refractivity contribution in [1.82, 2.24) is 15.3 Å². The van der Waals surface area contributed by atoms with Crippen molar-refractivity contribution >= 4 is 15.7 Å². The molecule has 0 saturated heterocycles. The summed E-state index contributed by atoms with van der Waals surface area (Å²) in [6, 6.07) is 7.21. The SMILES string of the molecule is O=C(NCc1ccc(S(=O)(=O)c2cccc(C(F)(F)F)c2)cn1)c1ccc(C(F)(F)F)cn1. The van der Waals surface area contributed by atoms with Crippen LogP contribution in [0, 0.1) is 0 Å². The molecule has 3 rings (SSSR count). The second-order valence-corrected chi connectivity index (χ2v) is 8.58. The van der Waals surface area contributed by atoms with Crippen LogP contribution in [0.4, 0.5) is 26.3 Å². The molecule has 0 fully saturated rings. The molecule has 33 heavy (non-hydrogen) atoms. The molecule has 0 aliphatic rings. The first kappa shape index (κ1) is 24.2. The Labute approximate surface area is 183 Å². The molecule has 0 aliphatic heterocycles. The highest BCUT2D eigenvalue weighted by Gasteiger charge is 2.32.